The molecule has 1 unspecified atom stereocenters. The number of hydrogen-bond acceptors (Lipinski definition) is 3. The summed E-state index contributed by atoms with van der Waals surface area (Å²) in [4.78, 5) is 25.3. The van der Waals surface area contributed by atoms with Crippen molar-refractivity contribution in [2.75, 3.05) is 10.6 Å². The first-order valence-electron chi connectivity index (χ1n) is 9.92. The van der Waals surface area contributed by atoms with E-state index in [-0.39, 0.29) is 18.2 Å². The normalized spacial score (nSPS) is 15.1. The van der Waals surface area contributed by atoms with E-state index in [9.17, 15) is 9.59 Å². The van der Waals surface area contributed by atoms with Gasteiger partial charge in [0.05, 0.1) is 12.1 Å². The Morgan fingerprint density at radius 3 is 2.60 bits per heavy atom. The number of hydrogen-bond donors (Lipinski definition) is 2. The van der Waals surface area contributed by atoms with Gasteiger partial charge in [-0.05, 0) is 43.5 Å². The van der Waals surface area contributed by atoms with Gasteiger partial charge in [-0.3, -0.25) is 9.59 Å². The lowest BCUT2D eigenvalue weighted by molar-refractivity contribution is -0.123. The van der Waals surface area contributed by atoms with E-state index in [1.807, 2.05) is 51.1 Å². The number of fused-ring (bicyclic) bond motifs is 1. The van der Waals surface area contributed by atoms with Crippen LogP contribution >= 0.6 is 11.6 Å². The summed E-state index contributed by atoms with van der Waals surface area (Å²) in [5.41, 5.74) is 5.50. The second-order valence-electron chi connectivity index (χ2n) is 7.56. The summed E-state index contributed by atoms with van der Waals surface area (Å²) in [6.07, 6.45) is 0.711. The number of nitrogens with one attached hydrogen (secondary N) is 2. The van der Waals surface area contributed by atoms with Gasteiger partial charge in [-0.25, -0.2) is 4.68 Å². The lowest BCUT2D eigenvalue weighted by atomic mass is 10.0. The average molecular weight is 423 g/mol. The minimum atomic E-state index is -0.689. The SMILES string of the molecule is CCc1nn2c(c1-c1ccc(C)cc1)NC(=O)C2CC(=O)Nc1ccc(C)c(Cl)c1. The largest absolute Gasteiger partial charge is 0.326 e. The van der Waals surface area contributed by atoms with Crippen LogP contribution in [0.15, 0.2) is 42.5 Å². The van der Waals surface area contributed by atoms with Gasteiger partial charge in [-0.2, -0.15) is 5.10 Å². The highest BCUT2D eigenvalue weighted by atomic mass is 35.5. The second-order valence-corrected chi connectivity index (χ2v) is 7.96. The fourth-order valence-corrected chi connectivity index (χ4v) is 3.83. The van der Waals surface area contributed by atoms with E-state index in [0.29, 0.717) is 16.5 Å². The summed E-state index contributed by atoms with van der Waals surface area (Å²) in [5.74, 6) is 0.149. The number of aromatic nitrogens is 2. The molecule has 2 amide bonds. The van der Waals surface area contributed by atoms with E-state index in [4.69, 9.17) is 11.6 Å². The number of amides is 2. The van der Waals surface area contributed by atoms with Crippen LogP contribution in [0.25, 0.3) is 11.1 Å². The average Bonchev–Trinajstić information content (AvgIpc) is 3.21. The third-order valence-corrected chi connectivity index (χ3v) is 5.74. The molecule has 0 spiro atoms. The third-order valence-electron chi connectivity index (χ3n) is 5.33. The first-order chi connectivity index (χ1) is 14.4. The molecular weight excluding hydrogens is 400 g/mol. The summed E-state index contributed by atoms with van der Waals surface area (Å²) in [6.45, 7) is 5.96. The van der Waals surface area contributed by atoms with Gasteiger partial charge in [0.2, 0.25) is 5.91 Å². The summed E-state index contributed by atoms with van der Waals surface area (Å²) in [6, 6.07) is 12.8. The molecule has 2 aromatic carbocycles. The minimum Gasteiger partial charge on any atom is -0.326 e. The van der Waals surface area contributed by atoms with Gasteiger partial charge in [0, 0.05) is 16.3 Å². The van der Waals surface area contributed by atoms with Crippen LogP contribution in [0.2, 0.25) is 5.02 Å². The van der Waals surface area contributed by atoms with Crippen molar-refractivity contribution in [2.45, 2.75) is 39.7 Å². The van der Waals surface area contributed by atoms with Crippen molar-refractivity contribution in [1.82, 2.24) is 9.78 Å². The molecule has 2 N–H and O–H groups in total. The Labute approximate surface area is 180 Å². The van der Waals surface area contributed by atoms with Gasteiger partial charge >= 0.3 is 0 Å². The highest BCUT2D eigenvalue weighted by molar-refractivity contribution is 6.31. The van der Waals surface area contributed by atoms with Gasteiger partial charge in [-0.1, -0.05) is 54.4 Å². The van der Waals surface area contributed by atoms with E-state index in [2.05, 4.69) is 15.7 Å². The molecule has 1 aromatic heterocycles. The van der Waals surface area contributed by atoms with Crippen LogP contribution in [0.5, 0.6) is 0 Å². The monoisotopic (exact) mass is 422 g/mol. The Hall–Kier alpha value is -3.12. The molecule has 0 saturated heterocycles. The van der Waals surface area contributed by atoms with Crippen molar-refractivity contribution in [3.63, 3.8) is 0 Å². The van der Waals surface area contributed by atoms with Gasteiger partial charge in [0.15, 0.2) is 0 Å². The third kappa shape index (κ3) is 3.71. The molecule has 3 aromatic rings. The van der Waals surface area contributed by atoms with Crippen molar-refractivity contribution in [3.05, 3.63) is 64.3 Å². The number of benzene rings is 2. The van der Waals surface area contributed by atoms with Crippen molar-refractivity contribution < 1.29 is 9.59 Å². The zero-order valence-electron chi connectivity index (χ0n) is 17.1. The molecule has 0 radical (unpaired) electrons. The smallest absolute Gasteiger partial charge is 0.251 e. The molecule has 30 heavy (non-hydrogen) atoms. The van der Waals surface area contributed by atoms with Crippen LogP contribution in [0.3, 0.4) is 0 Å². The topological polar surface area (TPSA) is 76.0 Å². The molecule has 1 aliphatic heterocycles. The quantitative estimate of drug-likeness (QED) is 0.613. The highest BCUT2D eigenvalue weighted by Crippen LogP contribution is 2.39. The Kier molecular flexibility index (Phi) is 5.35. The maximum Gasteiger partial charge on any atom is 0.251 e. The number of carbonyl (C=O) groups is 2. The standard InChI is InChI=1S/C23H23ClN4O2/c1-4-18-21(15-8-5-13(2)6-9-15)22-26-23(30)19(28(22)27-18)12-20(29)25-16-10-7-14(3)17(24)11-16/h5-11,19H,4,12H2,1-3H3,(H,25,29)(H,26,30). The minimum absolute atomic E-state index is 0.0114. The second kappa shape index (κ2) is 7.95. The van der Waals surface area contributed by atoms with Crippen LogP contribution in [0.1, 0.15) is 36.2 Å². The maximum atomic E-state index is 12.6. The molecule has 1 aliphatic rings. The molecule has 6 nitrogen and oxygen atoms in total. The van der Waals surface area contributed by atoms with E-state index in [1.54, 1.807) is 16.8 Å². The molecule has 7 heteroatoms. The van der Waals surface area contributed by atoms with E-state index in [1.165, 1.54) is 0 Å². The van der Waals surface area contributed by atoms with E-state index < -0.39 is 6.04 Å². The highest BCUT2D eigenvalue weighted by Gasteiger charge is 2.36. The molecule has 0 fully saturated rings. The molecule has 154 valence electrons. The number of aryl methyl sites for hydroxylation is 3. The first-order valence-corrected chi connectivity index (χ1v) is 10.3. The van der Waals surface area contributed by atoms with Gasteiger partial charge in [0.1, 0.15) is 11.9 Å². The van der Waals surface area contributed by atoms with Crippen molar-refractivity contribution in [1.29, 1.82) is 0 Å². The number of nitrogens with zero attached hydrogens (tertiary/aromatic N) is 2. The molecule has 0 saturated carbocycles. The van der Waals surface area contributed by atoms with Crippen molar-refractivity contribution in [2.24, 2.45) is 0 Å². The number of anilines is 2. The Morgan fingerprint density at radius 2 is 1.93 bits per heavy atom. The first kappa shape index (κ1) is 20.2. The predicted molar refractivity (Wildman–Crippen MR) is 119 cm³/mol. The fourth-order valence-electron chi connectivity index (χ4n) is 3.65. The Morgan fingerprint density at radius 1 is 1.20 bits per heavy atom. The van der Waals surface area contributed by atoms with Gasteiger partial charge in [0.25, 0.3) is 5.91 Å². The summed E-state index contributed by atoms with van der Waals surface area (Å²) >= 11 is 6.13. The predicted octanol–water partition coefficient (Wildman–Crippen LogP) is 4.90. The van der Waals surface area contributed by atoms with Gasteiger partial charge in [-0.15, -0.1) is 0 Å². The molecule has 1 atom stereocenters. The molecule has 4 rings (SSSR count). The van der Waals surface area contributed by atoms with Crippen molar-refractivity contribution in [3.8, 4) is 11.1 Å². The zero-order chi connectivity index (χ0) is 21.4. The number of halogens is 1. The van der Waals surface area contributed by atoms with E-state index in [0.717, 1.165) is 34.4 Å². The van der Waals surface area contributed by atoms with Crippen LogP contribution in [0.4, 0.5) is 11.5 Å². The summed E-state index contributed by atoms with van der Waals surface area (Å²) in [7, 11) is 0. The van der Waals surface area contributed by atoms with Crippen molar-refractivity contribution >= 4 is 34.9 Å². The van der Waals surface area contributed by atoms with Crippen LogP contribution < -0.4 is 10.6 Å². The molecule has 2 heterocycles. The number of rotatable bonds is 5. The summed E-state index contributed by atoms with van der Waals surface area (Å²) < 4.78 is 1.65. The Balaban J connectivity index is 1.60. The van der Waals surface area contributed by atoms with Crippen LogP contribution in [-0.2, 0) is 16.0 Å². The van der Waals surface area contributed by atoms with Gasteiger partial charge < -0.3 is 10.6 Å². The Bertz CT molecular complexity index is 1130. The summed E-state index contributed by atoms with van der Waals surface area (Å²) in [5, 5.41) is 11.0. The lowest BCUT2D eigenvalue weighted by Crippen LogP contribution is -2.24. The molecule has 0 bridgehead atoms. The molecule has 0 aliphatic carbocycles. The van der Waals surface area contributed by atoms with Crippen LogP contribution in [-0.4, -0.2) is 21.6 Å². The van der Waals surface area contributed by atoms with E-state index >= 15 is 0 Å². The lowest BCUT2D eigenvalue weighted by Gasteiger charge is -2.11. The fraction of sp³-hybridized carbons (Fsp3) is 0.261. The maximum absolute atomic E-state index is 12.6. The zero-order valence-corrected chi connectivity index (χ0v) is 17.9. The molecular formula is C23H23ClN4O2. The van der Waals surface area contributed by atoms with Crippen LogP contribution in [0, 0.1) is 13.8 Å². The number of carbonyl (C=O) groups excluding carboxylic acids is 2.